The molecule has 3 heteroatoms. The van der Waals surface area contributed by atoms with Gasteiger partial charge in [-0.15, -0.1) is 22.9 Å². The van der Waals surface area contributed by atoms with E-state index in [-0.39, 0.29) is 0 Å². The Balaban J connectivity index is 3.01. The van der Waals surface area contributed by atoms with Gasteiger partial charge in [0.1, 0.15) is 0 Å². The second-order valence-corrected chi connectivity index (χ2v) is 3.43. The summed E-state index contributed by atoms with van der Waals surface area (Å²) in [5, 5.41) is 1.10. The van der Waals surface area contributed by atoms with Crippen LogP contribution >= 0.6 is 22.9 Å². The molecule has 0 bridgehead atoms. The van der Waals surface area contributed by atoms with Gasteiger partial charge in [-0.3, -0.25) is 0 Å². The molecule has 1 heterocycles. The predicted octanol–water partition coefficient (Wildman–Crippen LogP) is 2.50. The SMILES string of the molecule is Cc1nc(C)c(CCl)s1. The van der Waals surface area contributed by atoms with Crippen molar-refractivity contribution in [2.45, 2.75) is 19.7 Å². The number of nitrogens with zero attached hydrogens (tertiary/aromatic N) is 1. The maximum Gasteiger partial charge on any atom is 0.0900 e. The normalized spacial score (nSPS) is 10.1. The monoisotopic (exact) mass is 161 g/mol. The number of halogens is 1. The minimum absolute atomic E-state index is 0.595. The average Bonchev–Trinajstić information content (AvgIpc) is 2.10. The van der Waals surface area contributed by atoms with Gasteiger partial charge in [0.25, 0.3) is 0 Å². The van der Waals surface area contributed by atoms with E-state index in [1.807, 2.05) is 13.8 Å². The molecule has 0 atom stereocenters. The van der Waals surface area contributed by atoms with Crippen LogP contribution in [0.4, 0.5) is 0 Å². The molecule has 1 aromatic heterocycles. The highest BCUT2D eigenvalue weighted by molar-refractivity contribution is 7.11. The van der Waals surface area contributed by atoms with Gasteiger partial charge in [-0.1, -0.05) is 0 Å². The van der Waals surface area contributed by atoms with Gasteiger partial charge in [0.2, 0.25) is 0 Å². The predicted molar refractivity (Wildman–Crippen MR) is 41.1 cm³/mol. The quantitative estimate of drug-likeness (QED) is 0.577. The van der Waals surface area contributed by atoms with Crippen LogP contribution in [-0.4, -0.2) is 4.98 Å². The molecular weight excluding hydrogens is 154 g/mol. The van der Waals surface area contributed by atoms with Crippen molar-refractivity contribution in [2.24, 2.45) is 0 Å². The Morgan fingerprint density at radius 2 is 2.22 bits per heavy atom. The van der Waals surface area contributed by atoms with Crippen molar-refractivity contribution in [3.63, 3.8) is 0 Å². The highest BCUT2D eigenvalue weighted by Gasteiger charge is 2.00. The van der Waals surface area contributed by atoms with Crippen molar-refractivity contribution < 1.29 is 0 Å². The van der Waals surface area contributed by atoms with E-state index in [1.165, 1.54) is 4.88 Å². The van der Waals surface area contributed by atoms with Crippen LogP contribution in [0, 0.1) is 13.8 Å². The zero-order valence-corrected chi connectivity index (χ0v) is 7.01. The van der Waals surface area contributed by atoms with Crippen molar-refractivity contribution in [3.05, 3.63) is 15.6 Å². The van der Waals surface area contributed by atoms with Crippen molar-refractivity contribution in [3.8, 4) is 0 Å². The number of hydrogen-bond donors (Lipinski definition) is 0. The largest absolute Gasteiger partial charge is 0.247 e. The Kier molecular flexibility index (Phi) is 2.09. The summed E-state index contributed by atoms with van der Waals surface area (Å²) < 4.78 is 0. The van der Waals surface area contributed by atoms with Crippen molar-refractivity contribution in [1.82, 2.24) is 4.98 Å². The van der Waals surface area contributed by atoms with E-state index in [4.69, 9.17) is 11.6 Å². The van der Waals surface area contributed by atoms with Gasteiger partial charge >= 0.3 is 0 Å². The van der Waals surface area contributed by atoms with Crippen molar-refractivity contribution in [1.29, 1.82) is 0 Å². The lowest BCUT2D eigenvalue weighted by Gasteiger charge is -1.83. The number of aromatic nitrogens is 1. The van der Waals surface area contributed by atoms with Crippen LogP contribution in [-0.2, 0) is 5.88 Å². The lowest BCUT2D eigenvalue weighted by molar-refractivity contribution is 1.17. The van der Waals surface area contributed by atoms with Crippen molar-refractivity contribution in [2.75, 3.05) is 0 Å². The molecule has 0 saturated carbocycles. The zero-order valence-electron chi connectivity index (χ0n) is 5.44. The van der Waals surface area contributed by atoms with E-state index in [0.29, 0.717) is 5.88 Å². The maximum atomic E-state index is 5.62. The molecule has 9 heavy (non-hydrogen) atoms. The summed E-state index contributed by atoms with van der Waals surface area (Å²) in [5.74, 6) is 0.595. The van der Waals surface area contributed by atoms with Crippen LogP contribution in [0.15, 0.2) is 0 Å². The molecule has 0 saturated heterocycles. The zero-order chi connectivity index (χ0) is 6.85. The van der Waals surface area contributed by atoms with Crippen LogP contribution in [0.5, 0.6) is 0 Å². The molecule has 0 aliphatic rings. The fraction of sp³-hybridized carbons (Fsp3) is 0.500. The first kappa shape index (κ1) is 7.03. The molecule has 0 amide bonds. The number of alkyl halides is 1. The topological polar surface area (TPSA) is 12.9 Å². The summed E-state index contributed by atoms with van der Waals surface area (Å²) in [7, 11) is 0. The molecule has 0 radical (unpaired) electrons. The molecule has 0 N–H and O–H groups in total. The minimum Gasteiger partial charge on any atom is -0.247 e. The van der Waals surface area contributed by atoms with Crippen LogP contribution in [0.1, 0.15) is 15.6 Å². The smallest absolute Gasteiger partial charge is 0.0900 e. The summed E-state index contributed by atoms with van der Waals surface area (Å²) >= 11 is 7.29. The van der Waals surface area contributed by atoms with Crippen LogP contribution < -0.4 is 0 Å². The molecule has 0 aromatic carbocycles. The lowest BCUT2D eigenvalue weighted by atomic mass is 10.4. The van der Waals surface area contributed by atoms with Crippen LogP contribution in [0.3, 0.4) is 0 Å². The molecule has 1 rings (SSSR count). The third-order valence-electron chi connectivity index (χ3n) is 1.12. The summed E-state index contributed by atoms with van der Waals surface area (Å²) in [6.07, 6.45) is 0. The van der Waals surface area contributed by atoms with Gasteiger partial charge < -0.3 is 0 Å². The van der Waals surface area contributed by atoms with Crippen molar-refractivity contribution >= 4 is 22.9 Å². The van der Waals surface area contributed by atoms with Crippen LogP contribution in [0.25, 0.3) is 0 Å². The number of rotatable bonds is 1. The first-order valence-corrected chi connectivity index (χ1v) is 4.08. The first-order valence-electron chi connectivity index (χ1n) is 2.73. The molecule has 1 nitrogen and oxygen atoms in total. The van der Waals surface area contributed by atoms with Gasteiger partial charge in [-0.2, -0.15) is 0 Å². The number of aryl methyl sites for hydroxylation is 2. The van der Waals surface area contributed by atoms with Crippen LogP contribution in [0.2, 0.25) is 0 Å². The van der Waals surface area contributed by atoms with E-state index in [0.717, 1.165) is 10.7 Å². The highest BCUT2D eigenvalue weighted by Crippen LogP contribution is 2.18. The molecular formula is C6H8ClNS. The van der Waals surface area contributed by atoms with E-state index in [2.05, 4.69) is 4.98 Å². The molecule has 0 spiro atoms. The highest BCUT2D eigenvalue weighted by atomic mass is 35.5. The Bertz CT molecular complexity index is 207. The summed E-state index contributed by atoms with van der Waals surface area (Å²) in [6, 6.07) is 0. The fourth-order valence-corrected chi connectivity index (χ4v) is 1.84. The van der Waals surface area contributed by atoms with Gasteiger partial charge in [0.15, 0.2) is 0 Å². The number of thiazole rings is 1. The van der Waals surface area contributed by atoms with Gasteiger partial charge in [0, 0.05) is 4.88 Å². The number of hydrogen-bond acceptors (Lipinski definition) is 2. The Labute approximate surface area is 63.7 Å². The van der Waals surface area contributed by atoms with E-state index < -0.39 is 0 Å². The van der Waals surface area contributed by atoms with E-state index in [9.17, 15) is 0 Å². The van der Waals surface area contributed by atoms with E-state index in [1.54, 1.807) is 11.3 Å². The van der Waals surface area contributed by atoms with Gasteiger partial charge in [0.05, 0.1) is 16.6 Å². The molecule has 1 aromatic rings. The maximum absolute atomic E-state index is 5.62. The molecule has 50 valence electrons. The summed E-state index contributed by atoms with van der Waals surface area (Å²) in [5.41, 5.74) is 1.08. The minimum atomic E-state index is 0.595. The summed E-state index contributed by atoms with van der Waals surface area (Å²) in [4.78, 5) is 5.41. The molecule has 0 fully saturated rings. The molecule has 0 unspecified atom stereocenters. The van der Waals surface area contributed by atoms with E-state index >= 15 is 0 Å². The van der Waals surface area contributed by atoms with Gasteiger partial charge in [-0.05, 0) is 13.8 Å². The summed E-state index contributed by atoms with van der Waals surface area (Å²) in [6.45, 7) is 3.98. The first-order chi connectivity index (χ1) is 4.24. The third-order valence-corrected chi connectivity index (χ3v) is 2.62. The second kappa shape index (κ2) is 2.67. The average molecular weight is 162 g/mol. The lowest BCUT2D eigenvalue weighted by Crippen LogP contribution is -1.75. The third kappa shape index (κ3) is 1.43. The second-order valence-electron chi connectivity index (χ2n) is 1.88. The molecule has 0 aliphatic carbocycles. The fourth-order valence-electron chi connectivity index (χ4n) is 0.697. The Hall–Kier alpha value is -0.0800. The molecule has 0 aliphatic heterocycles. The standard InChI is InChI=1S/C6H8ClNS/c1-4-6(3-7)9-5(2)8-4/h3H2,1-2H3. The Morgan fingerprint density at radius 1 is 1.56 bits per heavy atom. The van der Waals surface area contributed by atoms with Gasteiger partial charge in [-0.25, -0.2) is 4.98 Å². The Morgan fingerprint density at radius 3 is 2.44 bits per heavy atom.